The van der Waals surface area contributed by atoms with Gasteiger partial charge in [-0.05, 0) is 42.5 Å². The van der Waals surface area contributed by atoms with E-state index in [4.69, 9.17) is 9.47 Å². The van der Waals surface area contributed by atoms with Crippen LogP contribution >= 0.6 is 0 Å². The van der Waals surface area contributed by atoms with Crippen molar-refractivity contribution in [2.24, 2.45) is 0 Å². The number of sulfonamides is 1. The van der Waals surface area contributed by atoms with Crippen LogP contribution in [0.15, 0.2) is 47.4 Å². The van der Waals surface area contributed by atoms with E-state index in [-0.39, 0.29) is 16.3 Å². The molecule has 0 atom stereocenters. The van der Waals surface area contributed by atoms with Crippen LogP contribution in [0.4, 0.5) is 18.9 Å². The average molecular weight is 361 g/mol. The summed E-state index contributed by atoms with van der Waals surface area (Å²) in [5.41, 5.74) is -1.29. The molecule has 0 aromatic heterocycles. The number of anilines is 1. The topological polar surface area (TPSA) is 64.6 Å². The lowest BCUT2D eigenvalue weighted by atomic mass is 10.2. The van der Waals surface area contributed by atoms with Gasteiger partial charge in [0, 0.05) is 0 Å². The maximum Gasteiger partial charge on any atom is 0.416 e. The maximum absolute atomic E-state index is 12.8. The molecule has 5 nitrogen and oxygen atoms in total. The van der Waals surface area contributed by atoms with Gasteiger partial charge in [-0.3, -0.25) is 4.72 Å². The number of benzene rings is 2. The zero-order chi connectivity index (χ0) is 18.0. The van der Waals surface area contributed by atoms with Crippen molar-refractivity contribution >= 4 is 15.7 Å². The van der Waals surface area contributed by atoms with Crippen molar-refractivity contribution in [3.63, 3.8) is 0 Å². The van der Waals surface area contributed by atoms with Crippen molar-refractivity contribution in [1.29, 1.82) is 0 Å². The van der Waals surface area contributed by atoms with E-state index < -0.39 is 21.8 Å². The van der Waals surface area contributed by atoms with Gasteiger partial charge < -0.3 is 9.47 Å². The Balaban J connectivity index is 2.40. The Morgan fingerprint density at radius 3 is 2.08 bits per heavy atom. The molecule has 0 bridgehead atoms. The van der Waals surface area contributed by atoms with E-state index in [2.05, 4.69) is 4.72 Å². The molecule has 0 saturated carbocycles. The van der Waals surface area contributed by atoms with E-state index in [1.54, 1.807) is 0 Å². The number of hydrogen-bond donors (Lipinski definition) is 1. The number of hydrogen-bond acceptors (Lipinski definition) is 4. The highest BCUT2D eigenvalue weighted by molar-refractivity contribution is 7.92. The fourth-order valence-corrected chi connectivity index (χ4v) is 2.98. The largest absolute Gasteiger partial charge is 0.497 e. The predicted octanol–water partition coefficient (Wildman–Crippen LogP) is 3.52. The van der Waals surface area contributed by atoms with Gasteiger partial charge in [-0.25, -0.2) is 8.42 Å². The molecule has 0 fully saturated rings. The molecule has 0 unspecified atom stereocenters. The van der Waals surface area contributed by atoms with Crippen molar-refractivity contribution in [2.45, 2.75) is 11.1 Å². The van der Waals surface area contributed by atoms with Crippen LogP contribution in [0.5, 0.6) is 11.5 Å². The minimum atomic E-state index is -4.60. The first-order valence-electron chi connectivity index (χ1n) is 6.59. The standard InChI is InChI=1S/C15H14F3NO4S/c1-22-11-4-6-12(7-5-11)24(20,21)19-13-9-10(15(16,17)18)3-8-14(13)23-2/h3-9,19H,1-2H3. The lowest BCUT2D eigenvalue weighted by Crippen LogP contribution is -2.15. The van der Waals surface area contributed by atoms with E-state index in [0.717, 1.165) is 12.1 Å². The highest BCUT2D eigenvalue weighted by Crippen LogP contribution is 2.35. The molecule has 0 radical (unpaired) electrons. The van der Waals surface area contributed by atoms with Gasteiger partial charge in [0.05, 0.1) is 30.4 Å². The second kappa shape index (κ2) is 6.60. The summed E-state index contributed by atoms with van der Waals surface area (Å²) in [5.74, 6) is 0.422. The van der Waals surface area contributed by atoms with Gasteiger partial charge in [-0.2, -0.15) is 13.2 Å². The van der Waals surface area contributed by atoms with E-state index in [1.807, 2.05) is 0 Å². The lowest BCUT2D eigenvalue weighted by molar-refractivity contribution is -0.137. The summed E-state index contributed by atoms with van der Waals surface area (Å²) in [7, 11) is -1.43. The first-order valence-corrected chi connectivity index (χ1v) is 8.08. The van der Waals surface area contributed by atoms with Gasteiger partial charge in [0.25, 0.3) is 10.0 Å². The first kappa shape index (κ1) is 17.9. The molecule has 0 aliphatic heterocycles. The average Bonchev–Trinajstić information content (AvgIpc) is 2.53. The third kappa shape index (κ3) is 3.91. The molecular weight excluding hydrogens is 347 g/mol. The maximum atomic E-state index is 12.8. The second-order valence-corrected chi connectivity index (χ2v) is 6.38. The van der Waals surface area contributed by atoms with Gasteiger partial charge in [0.1, 0.15) is 11.5 Å². The van der Waals surface area contributed by atoms with E-state index in [1.165, 1.54) is 38.5 Å². The quantitative estimate of drug-likeness (QED) is 0.885. The minimum Gasteiger partial charge on any atom is -0.497 e. The van der Waals surface area contributed by atoms with Crippen molar-refractivity contribution < 1.29 is 31.1 Å². The molecule has 1 N–H and O–H groups in total. The highest BCUT2D eigenvalue weighted by Gasteiger charge is 2.31. The van der Waals surface area contributed by atoms with Crippen molar-refractivity contribution in [2.75, 3.05) is 18.9 Å². The monoisotopic (exact) mass is 361 g/mol. The van der Waals surface area contributed by atoms with Crippen LogP contribution in [0.3, 0.4) is 0 Å². The van der Waals surface area contributed by atoms with Gasteiger partial charge in [-0.1, -0.05) is 0 Å². The van der Waals surface area contributed by atoms with Crippen molar-refractivity contribution in [3.05, 3.63) is 48.0 Å². The summed E-state index contributed by atoms with van der Waals surface area (Å²) >= 11 is 0. The summed E-state index contributed by atoms with van der Waals surface area (Å²) in [6, 6.07) is 7.96. The third-order valence-electron chi connectivity index (χ3n) is 3.14. The summed E-state index contributed by atoms with van der Waals surface area (Å²) in [6.07, 6.45) is -4.60. The number of halogens is 3. The van der Waals surface area contributed by atoms with E-state index in [0.29, 0.717) is 11.8 Å². The van der Waals surface area contributed by atoms with E-state index in [9.17, 15) is 21.6 Å². The van der Waals surface area contributed by atoms with Gasteiger partial charge in [0.15, 0.2) is 0 Å². The molecule has 2 aromatic rings. The number of rotatable bonds is 5. The molecule has 9 heteroatoms. The Morgan fingerprint density at radius 2 is 1.58 bits per heavy atom. The third-order valence-corrected chi connectivity index (χ3v) is 4.52. The number of nitrogens with one attached hydrogen (secondary N) is 1. The van der Waals surface area contributed by atoms with Crippen LogP contribution in [0.1, 0.15) is 5.56 Å². The smallest absolute Gasteiger partial charge is 0.416 e. The van der Waals surface area contributed by atoms with Crippen LogP contribution in [-0.4, -0.2) is 22.6 Å². The van der Waals surface area contributed by atoms with Gasteiger partial charge >= 0.3 is 6.18 Å². The summed E-state index contributed by atoms with van der Waals surface area (Å²) in [6.45, 7) is 0. The lowest BCUT2D eigenvalue weighted by Gasteiger charge is -2.15. The molecule has 0 saturated heterocycles. The van der Waals surface area contributed by atoms with Crippen LogP contribution < -0.4 is 14.2 Å². The Morgan fingerprint density at radius 1 is 0.958 bits per heavy atom. The molecule has 24 heavy (non-hydrogen) atoms. The summed E-state index contributed by atoms with van der Waals surface area (Å²) in [4.78, 5) is -0.122. The molecule has 0 spiro atoms. The van der Waals surface area contributed by atoms with Crippen molar-refractivity contribution in [3.8, 4) is 11.5 Å². The molecule has 0 aliphatic carbocycles. The Kier molecular flexibility index (Phi) is 4.93. The van der Waals surface area contributed by atoms with Gasteiger partial charge in [0.2, 0.25) is 0 Å². The fraction of sp³-hybridized carbons (Fsp3) is 0.200. The number of alkyl halides is 3. The predicted molar refractivity (Wildman–Crippen MR) is 81.8 cm³/mol. The van der Waals surface area contributed by atoms with Gasteiger partial charge in [-0.15, -0.1) is 0 Å². The van der Waals surface area contributed by atoms with E-state index >= 15 is 0 Å². The molecule has 0 heterocycles. The number of methoxy groups -OCH3 is 2. The zero-order valence-corrected chi connectivity index (χ0v) is 13.5. The Bertz CT molecular complexity index is 818. The Labute approximate surface area is 137 Å². The Hall–Kier alpha value is -2.42. The molecular formula is C15H14F3NO4S. The molecule has 2 rings (SSSR count). The fourth-order valence-electron chi connectivity index (χ4n) is 1.92. The normalized spacial score (nSPS) is 11.9. The highest BCUT2D eigenvalue weighted by atomic mass is 32.2. The first-order chi connectivity index (χ1) is 11.2. The molecule has 0 amide bonds. The minimum absolute atomic E-state index is 0.0277. The molecule has 130 valence electrons. The number of ether oxygens (including phenoxy) is 2. The SMILES string of the molecule is COc1ccc(S(=O)(=O)Nc2cc(C(F)(F)F)ccc2OC)cc1. The second-order valence-electron chi connectivity index (χ2n) is 4.69. The zero-order valence-electron chi connectivity index (χ0n) is 12.7. The summed E-state index contributed by atoms with van der Waals surface area (Å²) in [5, 5.41) is 0. The summed E-state index contributed by atoms with van der Waals surface area (Å²) < 4.78 is 75.1. The van der Waals surface area contributed by atoms with Crippen LogP contribution in [0.2, 0.25) is 0 Å². The molecule has 2 aromatic carbocycles. The van der Waals surface area contributed by atoms with Crippen LogP contribution in [-0.2, 0) is 16.2 Å². The van der Waals surface area contributed by atoms with Crippen LogP contribution in [0.25, 0.3) is 0 Å². The van der Waals surface area contributed by atoms with Crippen molar-refractivity contribution in [1.82, 2.24) is 0 Å². The van der Waals surface area contributed by atoms with Crippen LogP contribution in [0, 0.1) is 0 Å². The molecule has 0 aliphatic rings.